The number of H-pyrrole nitrogens is 1. The van der Waals surface area contributed by atoms with E-state index in [0.717, 1.165) is 54.5 Å². The van der Waals surface area contributed by atoms with E-state index >= 15 is 0 Å². The standard InChI is InChI=1S/C17H21N3O3/c1-17-11(10-21)4-3-8-19(17)9-7-12-15-13(18-16(12)17)5-2-6-14(15)20(22)23/h2,5-6,11,18,21H,3-4,7-10H2,1H3. The maximum Gasteiger partial charge on any atom is 0.279 e. The summed E-state index contributed by atoms with van der Waals surface area (Å²) in [5.41, 5.74) is 2.86. The Morgan fingerprint density at radius 2 is 2.30 bits per heavy atom. The maximum atomic E-state index is 11.4. The Bertz CT molecular complexity index is 785. The van der Waals surface area contributed by atoms with Crippen LogP contribution >= 0.6 is 0 Å². The molecule has 1 aromatic heterocycles. The minimum absolute atomic E-state index is 0.143. The van der Waals surface area contributed by atoms with E-state index in [-0.39, 0.29) is 28.7 Å². The number of hydrogen-bond donors (Lipinski definition) is 2. The van der Waals surface area contributed by atoms with Crippen molar-refractivity contribution in [1.82, 2.24) is 9.88 Å². The van der Waals surface area contributed by atoms with E-state index in [4.69, 9.17) is 0 Å². The Kier molecular flexibility index (Phi) is 3.21. The Balaban J connectivity index is 1.99. The van der Waals surface area contributed by atoms with Crippen molar-refractivity contribution in [2.75, 3.05) is 19.7 Å². The normalized spacial score (nSPS) is 27.7. The van der Waals surface area contributed by atoms with Crippen LogP contribution in [0, 0.1) is 16.0 Å². The fourth-order valence-electron chi connectivity index (χ4n) is 4.65. The molecule has 2 aliphatic heterocycles. The van der Waals surface area contributed by atoms with Crippen molar-refractivity contribution in [1.29, 1.82) is 0 Å². The smallest absolute Gasteiger partial charge is 0.279 e. The van der Waals surface area contributed by atoms with Crippen LogP contribution in [-0.2, 0) is 12.0 Å². The van der Waals surface area contributed by atoms with Crippen LogP contribution in [0.1, 0.15) is 31.0 Å². The summed E-state index contributed by atoms with van der Waals surface area (Å²) >= 11 is 0. The highest BCUT2D eigenvalue weighted by molar-refractivity contribution is 5.93. The van der Waals surface area contributed by atoms with Gasteiger partial charge in [-0.05, 0) is 44.4 Å². The predicted octanol–water partition coefficient (Wildman–Crippen LogP) is 2.55. The number of aliphatic hydroxyl groups is 1. The van der Waals surface area contributed by atoms with E-state index in [1.54, 1.807) is 12.1 Å². The molecule has 2 aliphatic rings. The Morgan fingerprint density at radius 1 is 1.48 bits per heavy atom. The van der Waals surface area contributed by atoms with Gasteiger partial charge in [-0.1, -0.05) is 6.07 Å². The average Bonchev–Trinajstić information content (AvgIpc) is 2.93. The fourth-order valence-corrected chi connectivity index (χ4v) is 4.65. The molecule has 1 fully saturated rings. The van der Waals surface area contributed by atoms with Gasteiger partial charge in [0.25, 0.3) is 5.69 Å². The zero-order valence-corrected chi connectivity index (χ0v) is 13.2. The molecule has 0 amide bonds. The van der Waals surface area contributed by atoms with Gasteiger partial charge in [-0.2, -0.15) is 0 Å². The second kappa shape index (κ2) is 5.04. The van der Waals surface area contributed by atoms with Gasteiger partial charge in [0.2, 0.25) is 0 Å². The quantitative estimate of drug-likeness (QED) is 0.659. The molecule has 0 radical (unpaired) electrons. The van der Waals surface area contributed by atoms with E-state index in [0.29, 0.717) is 0 Å². The molecule has 3 heterocycles. The van der Waals surface area contributed by atoms with Gasteiger partial charge in [0.1, 0.15) is 0 Å². The molecule has 2 N–H and O–H groups in total. The van der Waals surface area contributed by atoms with Gasteiger partial charge in [-0.15, -0.1) is 0 Å². The van der Waals surface area contributed by atoms with Crippen molar-refractivity contribution in [2.45, 2.75) is 31.7 Å². The van der Waals surface area contributed by atoms with Gasteiger partial charge < -0.3 is 10.1 Å². The summed E-state index contributed by atoms with van der Waals surface area (Å²) in [6.07, 6.45) is 2.89. The van der Waals surface area contributed by atoms with Crippen LogP contribution in [0.25, 0.3) is 10.9 Å². The Morgan fingerprint density at radius 3 is 3.04 bits per heavy atom. The van der Waals surface area contributed by atoms with Crippen molar-refractivity contribution < 1.29 is 10.0 Å². The molecule has 2 aromatic rings. The topological polar surface area (TPSA) is 82.4 Å². The molecule has 6 nitrogen and oxygen atoms in total. The molecule has 0 bridgehead atoms. The van der Waals surface area contributed by atoms with Crippen molar-refractivity contribution >= 4 is 16.6 Å². The highest BCUT2D eigenvalue weighted by Gasteiger charge is 2.48. The van der Waals surface area contributed by atoms with Crippen LogP contribution in [0.2, 0.25) is 0 Å². The highest BCUT2D eigenvalue weighted by atomic mass is 16.6. The van der Waals surface area contributed by atoms with E-state index in [1.807, 2.05) is 6.07 Å². The number of non-ortho nitro benzene ring substituents is 1. The number of aromatic nitrogens is 1. The van der Waals surface area contributed by atoms with Crippen LogP contribution in [0.4, 0.5) is 5.69 Å². The predicted molar refractivity (Wildman–Crippen MR) is 87.4 cm³/mol. The van der Waals surface area contributed by atoms with Crippen molar-refractivity contribution in [3.05, 3.63) is 39.6 Å². The first-order valence-corrected chi connectivity index (χ1v) is 8.21. The molecule has 0 aliphatic carbocycles. The average molecular weight is 315 g/mol. The fraction of sp³-hybridized carbons (Fsp3) is 0.529. The monoisotopic (exact) mass is 315 g/mol. The first kappa shape index (κ1) is 14.7. The van der Waals surface area contributed by atoms with Crippen LogP contribution in [0.5, 0.6) is 0 Å². The van der Waals surface area contributed by atoms with Crippen LogP contribution < -0.4 is 0 Å². The van der Waals surface area contributed by atoms with Crippen LogP contribution in [0.15, 0.2) is 18.2 Å². The largest absolute Gasteiger partial charge is 0.396 e. The number of nitrogens with one attached hydrogen (secondary N) is 1. The van der Waals surface area contributed by atoms with Crippen molar-refractivity contribution in [3.8, 4) is 0 Å². The van der Waals surface area contributed by atoms with Crippen LogP contribution in [0.3, 0.4) is 0 Å². The summed E-state index contributed by atoms with van der Waals surface area (Å²) in [6.45, 7) is 4.22. The second-order valence-electron chi connectivity index (χ2n) is 6.84. The molecule has 0 saturated carbocycles. The molecule has 122 valence electrons. The summed E-state index contributed by atoms with van der Waals surface area (Å²) in [6, 6.07) is 5.22. The molecule has 1 saturated heterocycles. The number of fused-ring (bicyclic) bond motifs is 5. The van der Waals surface area contributed by atoms with Gasteiger partial charge in [0.05, 0.1) is 21.4 Å². The molecular weight excluding hydrogens is 294 g/mol. The Hall–Kier alpha value is -1.92. The summed E-state index contributed by atoms with van der Waals surface area (Å²) in [7, 11) is 0. The van der Waals surface area contributed by atoms with Gasteiger partial charge in [-0.3, -0.25) is 15.0 Å². The second-order valence-corrected chi connectivity index (χ2v) is 6.84. The summed E-state index contributed by atoms with van der Waals surface area (Å²) in [5.74, 6) is 0.155. The lowest BCUT2D eigenvalue weighted by Gasteiger charge is -2.52. The van der Waals surface area contributed by atoms with Gasteiger partial charge in [-0.25, -0.2) is 0 Å². The summed E-state index contributed by atoms with van der Waals surface area (Å²) in [4.78, 5) is 17.0. The number of benzene rings is 1. The number of aromatic amines is 1. The van der Waals surface area contributed by atoms with Crippen LogP contribution in [-0.4, -0.2) is 39.6 Å². The molecular formula is C17H21N3O3. The molecule has 6 heteroatoms. The third kappa shape index (κ3) is 1.88. The maximum absolute atomic E-state index is 11.4. The minimum Gasteiger partial charge on any atom is -0.396 e. The third-order valence-electron chi connectivity index (χ3n) is 5.89. The summed E-state index contributed by atoms with van der Waals surface area (Å²) < 4.78 is 0. The lowest BCUT2D eigenvalue weighted by atomic mass is 9.72. The number of aliphatic hydroxyl groups excluding tert-OH is 1. The number of nitrogens with zero attached hydrogens (tertiary/aromatic N) is 2. The van der Waals surface area contributed by atoms with E-state index in [9.17, 15) is 15.2 Å². The Labute approximate surface area is 134 Å². The molecule has 2 atom stereocenters. The number of nitro benzene ring substituents is 1. The SMILES string of the molecule is CC12c3[nH]c4cccc([N+](=O)[O-])c4c3CCN1CCCC2CO. The molecule has 0 spiro atoms. The van der Waals surface area contributed by atoms with Crippen molar-refractivity contribution in [3.63, 3.8) is 0 Å². The molecule has 2 unspecified atom stereocenters. The van der Waals surface area contributed by atoms with Gasteiger partial charge >= 0.3 is 0 Å². The lowest BCUT2D eigenvalue weighted by Crippen LogP contribution is -2.57. The lowest BCUT2D eigenvalue weighted by molar-refractivity contribution is -0.383. The van der Waals surface area contributed by atoms with Crippen molar-refractivity contribution in [2.24, 2.45) is 5.92 Å². The third-order valence-corrected chi connectivity index (χ3v) is 5.89. The minimum atomic E-state index is -0.296. The number of rotatable bonds is 2. The molecule has 23 heavy (non-hydrogen) atoms. The molecule has 4 rings (SSSR count). The first-order valence-electron chi connectivity index (χ1n) is 8.21. The number of piperidine rings is 1. The van der Waals surface area contributed by atoms with Gasteiger partial charge in [0.15, 0.2) is 0 Å². The van der Waals surface area contributed by atoms with E-state index in [1.165, 1.54) is 0 Å². The first-order chi connectivity index (χ1) is 11.1. The summed E-state index contributed by atoms with van der Waals surface area (Å²) in [5, 5.41) is 22.1. The zero-order valence-electron chi connectivity index (χ0n) is 13.2. The highest BCUT2D eigenvalue weighted by Crippen LogP contribution is 2.48. The van der Waals surface area contributed by atoms with E-state index in [2.05, 4.69) is 16.8 Å². The zero-order chi connectivity index (χ0) is 16.2. The molecule has 1 aromatic carbocycles. The van der Waals surface area contributed by atoms with Gasteiger partial charge in [0, 0.05) is 30.8 Å². The number of nitro groups is 1. The van der Waals surface area contributed by atoms with E-state index < -0.39 is 0 Å². The number of hydrogen-bond acceptors (Lipinski definition) is 4.